The Balaban J connectivity index is 2.58. The van der Waals surface area contributed by atoms with Crippen LogP contribution in [0.3, 0.4) is 0 Å². The van der Waals surface area contributed by atoms with Gasteiger partial charge in [0.15, 0.2) is 0 Å². The second-order valence-electron chi connectivity index (χ2n) is 3.52. The standard InChI is InChI=1S/C10H14BrN3O3S/c1-13-18(16,17)5-4-14-10(15)7-2-3-9(12)8(11)6-7/h2-3,6,13H,4-5,12H2,1H3,(H,14,15). The molecular weight excluding hydrogens is 322 g/mol. The number of nitrogens with two attached hydrogens (primary N) is 1. The van der Waals surface area contributed by atoms with Crippen molar-refractivity contribution in [2.75, 3.05) is 25.1 Å². The van der Waals surface area contributed by atoms with Crippen molar-refractivity contribution >= 4 is 37.5 Å². The fraction of sp³-hybridized carbons (Fsp3) is 0.300. The SMILES string of the molecule is CNS(=O)(=O)CCNC(=O)c1ccc(N)c(Br)c1. The first-order valence-electron chi connectivity index (χ1n) is 5.10. The topological polar surface area (TPSA) is 101 Å². The Morgan fingerprint density at radius 1 is 1.44 bits per heavy atom. The highest BCUT2D eigenvalue weighted by atomic mass is 79.9. The maximum atomic E-state index is 11.7. The van der Waals surface area contributed by atoms with Crippen LogP contribution in [0, 0.1) is 0 Å². The average Bonchev–Trinajstić information content (AvgIpc) is 2.32. The number of carbonyl (C=O) groups excluding carboxylic acids is 1. The van der Waals surface area contributed by atoms with Crippen molar-refractivity contribution in [2.24, 2.45) is 0 Å². The van der Waals surface area contributed by atoms with Gasteiger partial charge in [0.25, 0.3) is 5.91 Å². The van der Waals surface area contributed by atoms with E-state index in [1.807, 2.05) is 0 Å². The predicted molar refractivity (Wildman–Crippen MR) is 73.7 cm³/mol. The number of rotatable bonds is 5. The van der Waals surface area contributed by atoms with E-state index in [0.717, 1.165) is 0 Å². The van der Waals surface area contributed by atoms with Crippen LogP contribution in [-0.2, 0) is 10.0 Å². The van der Waals surface area contributed by atoms with Crippen molar-refractivity contribution in [2.45, 2.75) is 0 Å². The minimum Gasteiger partial charge on any atom is -0.398 e. The van der Waals surface area contributed by atoms with Gasteiger partial charge in [0.05, 0.1) is 5.75 Å². The van der Waals surface area contributed by atoms with Gasteiger partial charge in [-0.05, 0) is 41.2 Å². The molecule has 0 aliphatic carbocycles. The highest BCUT2D eigenvalue weighted by molar-refractivity contribution is 9.10. The lowest BCUT2D eigenvalue weighted by atomic mass is 10.2. The molecule has 0 atom stereocenters. The molecule has 0 aromatic heterocycles. The van der Waals surface area contributed by atoms with Crippen LogP contribution in [-0.4, -0.2) is 33.7 Å². The third kappa shape index (κ3) is 4.28. The molecule has 0 unspecified atom stereocenters. The number of nitrogen functional groups attached to an aromatic ring is 1. The lowest BCUT2D eigenvalue weighted by Gasteiger charge is -2.06. The second-order valence-corrected chi connectivity index (χ2v) is 6.42. The summed E-state index contributed by atoms with van der Waals surface area (Å²) in [6.45, 7) is 0.0456. The fourth-order valence-electron chi connectivity index (χ4n) is 1.17. The van der Waals surface area contributed by atoms with Gasteiger partial charge in [0.2, 0.25) is 10.0 Å². The molecule has 0 spiro atoms. The first-order valence-corrected chi connectivity index (χ1v) is 7.54. The van der Waals surface area contributed by atoms with E-state index in [4.69, 9.17) is 5.73 Å². The zero-order valence-corrected chi connectivity index (χ0v) is 12.1. The van der Waals surface area contributed by atoms with Gasteiger partial charge in [-0.3, -0.25) is 4.79 Å². The largest absolute Gasteiger partial charge is 0.398 e. The van der Waals surface area contributed by atoms with E-state index in [1.54, 1.807) is 18.2 Å². The van der Waals surface area contributed by atoms with E-state index in [2.05, 4.69) is 26.0 Å². The highest BCUT2D eigenvalue weighted by Gasteiger charge is 2.10. The van der Waals surface area contributed by atoms with Crippen molar-refractivity contribution in [3.05, 3.63) is 28.2 Å². The lowest BCUT2D eigenvalue weighted by Crippen LogP contribution is -2.32. The van der Waals surface area contributed by atoms with E-state index < -0.39 is 10.0 Å². The summed E-state index contributed by atoms with van der Waals surface area (Å²) < 4.78 is 25.1. The minimum atomic E-state index is -3.31. The van der Waals surface area contributed by atoms with Gasteiger partial charge in [-0.25, -0.2) is 13.1 Å². The second kappa shape index (κ2) is 6.17. The monoisotopic (exact) mass is 335 g/mol. The molecule has 0 fully saturated rings. The number of sulfonamides is 1. The zero-order valence-electron chi connectivity index (χ0n) is 9.73. The van der Waals surface area contributed by atoms with E-state index in [1.165, 1.54) is 7.05 Å². The maximum Gasteiger partial charge on any atom is 0.251 e. The molecule has 1 rings (SSSR count). The molecule has 0 saturated heterocycles. The Hall–Kier alpha value is -1.12. The Morgan fingerprint density at radius 2 is 2.11 bits per heavy atom. The van der Waals surface area contributed by atoms with Crippen LogP contribution in [0.1, 0.15) is 10.4 Å². The number of hydrogen-bond donors (Lipinski definition) is 3. The van der Waals surface area contributed by atoms with E-state index in [-0.39, 0.29) is 18.2 Å². The van der Waals surface area contributed by atoms with Crippen molar-refractivity contribution in [1.82, 2.24) is 10.0 Å². The summed E-state index contributed by atoms with van der Waals surface area (Å²) >= 11 is 3.21. The fourth-order valence-corrected chi connectivity index (χ4v) is 2.13. The van der Waals surface area contributed by atoms with Gasteiger partial charge in [-0.1, -0.05) is 0 Å². The van der Waals surface area contributed by atoms with Crippen molar-refractivity contribution in [3.8, 4) is 0 Å². The average molecular weight is 336 g/mol. The summed E-state index contributed by atoms with van der Waals surface area (Å²) in [4.78, 5) is 11.7. The minimum absolute atomic E-state index is 0.0456. The summed E-state index contributed by atoms with van der Waals surface area (Å²) in [7, 11) is -1.98. The zero-order chi connectivity index (χ0) is 13.8. The van der Waals surface area contributed by atoms with Crippen LogP contribution in [0.5, 0.6) is 0 Å². The van der Waals surface area contributed by atoms with Crippen LogP contribution in [0.4, 0.5) is 5.69 Å². The molecule has 18 heavy (non-hydrogen) atoms. The van der Waals surface area contributed by atoms with Gasteiger partial charge in [0.1, 0.15) is 0 Å². The van der Waals surface area contributed by atoms with Gasteiger partial charge in [-0.2, -0.15) is 0 Å². The van der Waals surface area contributed by atoms with Gasteiger partial charge < -0.3 is 11.1 Å². The Bertz CT molecular complexity index is 545. The van der Waals surface area contributed by atoms with Gasteiger partial charge in [0, 0.05) is 22.3 Å². The number of nitrogens with one attached hydrogen (secondary N) is 2. The Morgan fingerprint density at radius 3 is 2.67 bits per heavy atom. The summed E-state index contributed by atoms with van der Waals surface area (Å²) in [6.07, 6.45) is 0. The molecule has 0 heterocycles. The van der Waals surface area contributed by atoms with Crippen LogP contribution >= 0.6 is 15.9 Å². The molecule has 6 nitrogen and oxygen atoms in total. The number of benzene rings is 1. The molecule has 4 N–H and O–H groups in total. The number of carbonyl (C=O) groups is 1. The summed E-state index contributed by atoms with van der Waals surface area (Å²) in [5.41, 5.74) is 6.54. The predicted octanol–water partition coefficient (Wildman–Crippen LogP) is 0.310. The molecule has 0 bridgehead atoms. The van der Waals surface area contributed by atoms with E-state index in [0.29, 0.717) is 15.7 Å². The smallest absolute Gasteiger partial charge is 0.251 e. The Labute approximate surface area is 114 Å². The molecule has 0 aliphatic heterocycles. The molecule has 0 aliphatic rings. The van der Waals surface area contributed by atoms with Crippen molar-refractivity contribution in [3.63, 3.8) is 0 Å². The van der Waals surface area contributed by atoms with Crippen LogP contribution in [0.15, 0.2) is 22.7 Å². The van der Waals surface area contributed by atoms with E-state index >= 15 is 0 Å². The highest BCUT2D eigenvalue weighted by Crippen LogP contribution is 2.20. The van der Waals surface area contributed by atoms with Crippen LogP contribution in [0.25, 0.3) is 0 Å². The molecule has 100 valence electrons. The molecular formula is C10H14BrN3O3S. The number of amides is 1. The van der Waals surface area contributed by atoms with Crippen molar-refractivity contribution < 1.29 is 13.2 Å². The number of halogens is 1. The van der Waals surface area contributed by atoms with E-state index in [9.17, 15) is 13.2 Å². The number of hydrogen-bond acceptors (Lipinski definition) is 4. The number of anilines is 1. The van der Waals surface area contributed by atoms with Gasteiger partial charge in [-0.15, -0.1) is 0 Å². The molecule has 0 radical (unpaired) electrons. The third-order valence-corrected chi connectivity index (χ3v) is 4.28. The normalized spacial score (nSPS) is 11.2. The third-order valence-electron chi connectivity index (χ3n) is 2.23. The Kier molecular flexibility index (Phi) is 5.12. The van der Waals surface area contributed by atoms with Crippen molar-refractivity contribution in [1.29, 1.82) is 0 Å². The molecule has 1 aromatic rings. The van der Waals surface area contributed by atoms with Crippen LogP contribution < -0.4 is 15.8 Å². The molecule has 1 amide bonds. The quantitative estimate of drug-likeness (QED) is 0.674. The van der Waals surface area contributed by atoms with Gasteiger partial charge >= 0.3 is 0 Å². The summed E-state index contributed by atoms with van der Waals surface area (Å²) in [6, 6.07) is 4.75. The van der Waals surface area contributed by atoms with Crippen LogP contribution in [0.2, 0.25) is 0 Å². The lowest BCUT2D eigenvalue weighted by molar-refractivity contribution is 0.0956. The maximum absolute atomic E-state index is 11.7. The summed E-state index contributed by atoms with van der Waals surface area (Å²) in [5.74, 6) is -0.507. The summed E-state index contributed by atoms with van der Waals surface area (Å²) in [5, 5.41) is 2.52. The first kappa shape index (κ1) is 14.9. The first-order chi connectivity index (χ1) is 8.35. The molecule has 8 heteroatoms. The molecule has 1 aromatic carbocycles. The molecule has 0 saturated carbocycles.